The first-order chi connectivity index (χ1) is 15.5. The Kier molecular flexibility index (Phi) is 10.0. The fourth-order valence-corrected chi connectivity index (χ4v) is 3.72. The summed E-state index contributed by atoms with van der Waals surface area (Å²) in [6.07, 6.45) is 0.370. The lowest BCUT2D eigenvalue weighted by Gasteiger charge is -2.25. The zero-order chi connectivity index (χ0) is 24.7. The van der Waals surface area contributed by atoms with Crippen LogP contribution in [0.3, 0.4) is 0 Å². The van der Waals surface area contributed by atoms with Gasteiger partial charge in [-0.2, -0.15) is 0 Å². The zero-order valence-electron chi connectivity index (χ0n) is 19.0. The molecule has 9 nitrogen and oxygen atoms in total. The summed E-state index contributed by atoms with van der Waals surface area (Å²) >= 11 is 11.9. The van der Waals surface area contributed by atoms with Crippen molar-refractivity contribution in [3.05, 3.63) is 33.8 Å². The molecule has 33 heavy (non-hydrogen) atoms. The first-order valence-electron chi connectivity index (χ1n) is 10.6. The summed E-state index contributed by atoms with van der Waals surface area (Å²) in [5.41, 5.74) is 0.132. The largest absolute Gasteiger partial charge is 0.622 e. The zero-order valence-corrected chi connectivity index (χ0v) is 20.5. The van der Waals surface area contributed by atoms with E-state index < -0.39 is 42.7 Å². The number of hydrogen-bond donors (Lipinski definition) is 2. The highest BCUT2D eigenvalue weighted by Crippen LogP contribution is 2.20. The summed E-state index contributed by atoms with van der Waals surface area (Å²) in [4.78, 5) is 51.4. The Labute approximate surface area is 203 Å². The van der Waals surface area contributed by atoms with Gasteiger partial charge in [0.25, 0.3) is 11.9 Å². The van der Waals surface area contributed by atoms with Crippen LogP contribution in [0.25, 0.3) is 0 Å². The second-order valence-corrected chi connectivity index (χ2v) is 9.35. The van der Waals surface area contributed by atoms with E-state index in [1.54, 1.807) is 24.9 Å². The SMILES string of the molecule is CC(C)C[C@H](NC(=O)CNC(=O)c1cc(Cl)ccc1Cl)B1OC(=O)CN(C)C[C@@H](C)C(=O)O1. The molecular formula is C21H28BCl2N3O6. The van der Waals surface area contributed by atoms with Gasteiger partial charge in [-0.05, 0) is 37.6 Å². The number of halogens is 2. The molecule has 2 amide bonds. The first-order valence-corrected chi connectivity index (χ1v) is 11.3. The van der Waals surface area contributed by atoms with Crippen LogP contribution in [-0.2, 0) is 23.7 Å². The predicted octanol–water partition coefficient (Wildman–Crippen LogP) is 1.95. The monoisotopic (exact) mass is 499 g/mol. The third kappa shape index (κ3) is 8.53. The smallest absolute Gasteiger partial charge is 0.498 e. The maximum Gasteiger partial charge on any atom is 0.622 e. The van der Waals surface area contributed by atoms with Gasteiger partial charge in [0.05, 0.1) is 35.5 Å². The molecular weight excluding hydrogens is 472 g/mol. The maximum absolute atomic E-state index is 12.6. The van der Waals surface area contributed by atoms with Crippen LogP contribution in [0.15, 0.2) is 18.2 Å². The Balaban J connectivity index is 2.09. The molecule has 1 aliphatic heterocycles. The third-order valence-corrected chi connectivity index (χ3v) is 5.41. The number of rotatable bonds is 7. The quantitative estimate of drug-likeness (QED) is 0.551. The van der Waals surface area contributed by atoms with Gasteiger partial charge in [0, 0.05) is 11.6 Å². The Bertz CT molecular complexity index is 901. The normalized spacial score (nSPS) is 18.5. The first kappa shape index (κ1) is 27.0. The van der Waals surface area contributed by atoms with Crippen molar-refractivity contribution in [1.82, 2.24) is 15.5 Å². The van der Waals surface area contributed by atoms with Crippen molar-refractivity contribution in [2.75, 3.05) is 26.7 Å². The Morgan fingerprint density at radius 2 is 1.94 bits per heavy atom. The maximum atomic E-state index is 12.6. The van der Waals surface area contributed by atoms with Gasteiger partial charge in [0.2, 0.25) is 5.91 Å². The highest BCUT2D eigenvalue weighted by Gasteiger charge is 2.41. The molecule has 1 saturated heterocycles. The lowest BCUT2D eigenvalue weighted by molar-refractivity contribution is -0.142. The minimum absolute atomic E-state index is 0.0176. The molecule has 2 rings (SSSR count). The van der Waals surface area contributed by atoms with Crippen molar-refractivity contribution in [3.63, 3.8) is 0 Å². The molecule has 180 valence electrons. The van der Waals surface area contributed by atoms with Gasteiger partial charge in [0.15, 0.2) is 0 Å². The number of amides is 2. The molecule has 0 aliphatic carbocycles. The van der Waals surface area contributed by atoms with Gasteiger partial charge in [-0.3, -0.25) is 24.1 Å². The van der Waals surface area contributed by atoms with Crippen molar-refractivity contribution < 1.29 is 28.5 Å². The van der Waals surface area contributed by atoms with Gasteiger partial charge in [-0.25, -0.2) is 0 Å². The molecule has 0 bridgehead atoms. The minimum Gasteiger partial charge on any atom is -0.498 e. The molecule has 1 aromatic carbocycles. The molecule has 0 aromatic heterocycles. The second-order valence-electron chi connectivity index (χ2n) is 8.50. The van der Waals surface area contributed by atoms with Crippen LogP contribution in [0.5, 0.6) is 0 Å². The number of likely N-dealkylation sites (N-methyl/N-ethyl adjacent to an activating group) is 1. The van der Waals surface area contributed by atoms with Crippen molar-refractivity contribution in [2.45, 2.75) is 33.1 Å². The van der Waals surface area contributed by atoms with E-state index in [9.17, 15) is 19.2 Å². The van der Waals surface area contributed by atoms with Gasteiger partial charge in [-0.1, -0.05) is 44.0 Å². The van der Waals surface area contributed by atoms with E-state index in [1.807, 2.05) is 13.8 Å². The number of carbonyl (C=O) groups excluding carboxylic acids is 4. The summed E-state index contributed by atoms with van der Waals surface area (Å²) in [6, 6.07) is 4.42. The summed E-state index contributed by atoms with van der Waals surface area (Å²) in [7, 11) is 0.413. The summed E-state index contributed by atoms with van der Waals surface area (Å²) in [5.74, 6) is -3.43. The standard InChI is InChI=1S/C21H28BCl2N3O6/c1-12(2)7-17(22-32-19(29)11-27(4)10-13(3)21(31)33-22)26-18(28)9-25-20(30)15-8-14(23)5-6-16(15)24/h5-6,8,12-13,17H,7,9-11H2,1-4H3,(H,25,30)(H,26,28)/t13-,17+/m1/s1. The Morgan fingerprint density at radius 1 is 1.24 bits per heavy atom. The average Bonchev–Trinajstić information content (AvgIpc) is 2.75. The van der Waals surface area contributed by atoms with Crippen molar-refractivity contribution in [1.29, 1.82) is 0 Å². The second kappa shape index (κ2) is 12.2. The van der Waals surface area contributed by atoms with Crippen molar-refractivity contribution in [2.24, 2.45) is 11.8 Å². The molecule has 1 heterocycles. The Morgan fingerprint density at radius 3 is 2.61 bits per heavy atom. The fraction of sp³-hybridized carbons (Fsp3) is 0.524. The highest BCUT2D eigenvalue weighted by atomic mass is 35.5. The van der Waals surface area contributed by atoms with Gasteiger partial charge < -0.3 is 19.9 Å². The van der Waals surface area contributed by atoms with Crippen LogP contribution in [0, 0.1) is 11.8 Å². The van der Waals surface area contributed by atoms with Crippen LogP contribution in [0.4, 0.5) is 0 Å². The minimum atomic E-state index is -1.29. The van der Waals surface area contributed by atoms with Crippen LogP contribution in [0.1, 0.15) is 37.6 Å². The number of carbonyl (C=O) groups is 4. The van der Waals surface area contributed by atoms with Crippen LogP contribution >= 0.6 is 23.2 Å². The molecule has 0 saturated carbocycles. The van der Waals surface area contributed by atoms with E-state index in [0.717, 1.165) is 0 Å². The molecule has 12 heteroatoms. The average molecular weight is 500 g/mol. The van der Waals surface area contributed by atoms with E-state index in [1.165, 1.54) is 12.1 Å². The van der Waals surface area contributed by atoms with Crippen LogP contribution < -0.4 is 10.6 Å². The lowest BCUT2D eigenvalue weighted by Crippen LogP contribution is -2.53. The number of hydrogen-bond acceptors (Lipinski definition) is 7. The fourth-order valence-electron chi connectivity index (χ4n) is 3.34. The lowest BCUT2D eigenvalue weighted by atomic mass is 9.73. The van der Waals surface area contributed by atoms with E-state index in [0.29, 0.717) is 18.0 Å². The van der Waals surface area contributed by atoms with Gasteiger partial charge in [-0.15, -0.1) is 0 Å². The molecule has 0 spiro atoms. The third-order valence-electron chi connectivity index (χ3n) is 4.85. The van der Waals surface area contributed by atoms with E-state index in [2.05, 4.69) is 10.6 Å². The number of benzene rings is 1. The van der Waals surface area contributed by atoms with E-state index in [4.69, 9.17) is 32.5 Å². The van der Waals surface area contributed by atoms with Gasteiger partial charge in [0.1, 0.15) is 0 Å². The van der Waals surface area contributed by atoms with Gasteiger partial charge >= 0.3 is 13.1 Å². The van der Waals surface area contributed by atoms with Crippen LogP contribution in [0.2, 0.25) is 10.0 Å². The molecule has 1 aliphatic rings. The van der Waals surface area contributed by atoms with Crippen molar-refractivity contribution >= 4 is 54.1 Å². The Hall–Kier alpha value is -2.30. The molecule has 0 unspecified atom stereocenters. The topological polar surface area (TPSA) is 114 Å². The van der Waals surface area contributed by atoms with Crippen molar-refractivity contribution in [3.8, 4) is 0 Å². The summed E-state index contributed by atoms with van der Waals surface area (Å²) in [6.45, 7) is 5.47. The molecule has 2 N–H and O–H groups in total. The summed E-state index contributed by atoms with van der Waals surface area (Å²) < 4.78 is 10.8. The number of nitrogens with one attached hydrogen (secondary N) is 2. The molecule has 0 radical (unpaired) electrons. The highest BCUT2D eigenvalue weighted by molar-refractivity contribution is 6.51. The van der Waals surface area contributed by atoms with E-state index >= 15 is 0 Å². The summed E-state index contributed by atoms with van der Waals surface area (Å²) in [5, 5.41) is 5.70. The molecule has 1 fully saturated rings. The molecule has 1 aromatic rings. The molecule has 2 atom stereocenters. The number of nitrogens with zero attached hydrogens (tertiary/aromatic N) is 1. The predicted molar refractivity (Wildman–Crippen MR) is 125 cm³/mol. The van der Waals surface area contributed by atoms with E-state index in [-0.39, 0.29) is 29.6 Å². The van der Waals surface area contributed by atoms with Crippen LogP contribution in [-0.4, -0.2) is 68.4 Å².